The van der Waals surface area contributed by atoms with Crippen LogP contribution in [-0.2, 0) is 0 Å². The summed E-state index contributed by atoms with van der Waals surface area (Å²) in [5, 5.41) is 10.9. The van der Waals surface area contributed by atoms with Gasteiger partial charge >= 0.3 is 23.9 Å². The van der Waals surface area contributed by atoms with E-state index >= 15 is 0 Å². The molecule has 0 saturated carbocycles. The standard InChI is InChI=1S/C12H5F9I2O3/c13-9(14,10(15,16)11(17,18)12(19,20)21)3-26-7-5(8(24)25)1-4(22)2-6(7)23/h1-2H,3H2,(H,24,25)/p-1. The average molecular weight is 621 g/mol. The Hall–Kier alpha value is -0.680. The third-order valence-electron chi connectivity index (χ3n) is 2.84. The van der Waals surface area contributed by atoms with E-state index < -0.39 is 47.8 Å². The first kappa shape index (κ1) is 23.4. The smallest absolute Gasteiger partial charge is 0.460 e. The highest BCUT2D eigenvalue weighted by Gasteiger charge is 2.81. The lowest BCUT2D eigenvalue weighted by molar-refractivity contribution is -0.398. The lowest BCUT2D eigenvalue weighted by atomic mass is 10.0. The molecule has 0 saturated heterocycles. The Balaban J connectivity index is 3.23. The summed E-state index contributed by atoms with van der Waals surface area (Å²) in [6.07, 6.45) is -6.95. The van der Waals surface area contributed by atoms with Crippen molar-refractivity contribution in [3.63, 3.8) is 0 Å². The fourth-order valence-electron chi connectivity index (χ4n) is 1.52. The second-order valence-electron chi connectivity index (χ2n) is 4.69. The number of ether oxygens (including phenoxy) is 1. The molecule has 0 heterocycles. The Bertz CT molecular complexity index is 704. The fourth-order valence-corrected chi connectivity index (χ4v) is 3.52. The fraction of sp³-hybridized carbons (Fsp3) is 0.417. The van der Waals surface area contributed by atoms with Crippen molar-refractivity contribution < 1.29 is 54.2 Å². The molecule has 0 aliphatic carbocycles. The molecule has 0 fully saturated rings. The largest absolute Gasteiger partial charge is 0.545 e. The molecular weight excluding hydrogens is 617 g/mol. The Morgan fingerprint density at radius 2 is 1.46 bits per heavy atom. The van der Waals surface area contributed by atoms with Crippen molar-refractivity contribution in [3.8, 4) is 5.75 Å². The molecule has 0 amide bonds. The van der Waals surface area contributed by atoms with Crippen molar-refractivity contribution >= 4 is 51.2 Å². The summed E-state index contributed by atoms with van der Waals surface area (Å²) in [6.45, 7) is -2.64. The van der Waals surface area contributed by atoms with Gasteiger partial charge in [-0.25, -0.2) is 0 Å². The van der Waals surface area contributed by atoms with Crippen LogP contribution in [0, 0.1) is 7.14 Å². The molecule has 148 valence electrons. The zero-order chi connectivity index (χ0) is 20.7. The van der Waals surface area contributed by atoms with Gasteiger partial charge in [0.05, 0.1) is 9.54 Å². The number of carbonyl (C=O) groups excluding carboxylic acids is 1. The third-order valence-corrected chi connectivity index (χ3v) is 4.26. The number of carbonyl (C=O) groups is 1. The Labute approximate surface area is 166 Å². The van der Waals surface area contributed by atoms with Gasteiger partial charge in [-0.1, -0.05) is 0 Å². The molecule has 0 aromatic heterocycles. The Kier molecular flexibility index (Phi) is 6.63. The van der Waals surface area contributed by atoms with Gasteiger partial charge in [0.1, 0.15) is 5.75 Å². The van der Waals surface area contributed by atoms with Gasteiger partial charge in [0.25, 0.3) is 0 Å². The van der Waals surface area contributed by atoms with Crippen LogP contribution in [-0.4, -0.2) is 36.5 Å². The average Bonchev–Trinajstić information content (AvgIpc) is 2.43. The van der Waals surface area contributed by atoms with E-state index in [1.165, 1.54) is 22.6 Å². The SMILES string of the molecule is O=C([O-])c1cc(I)cc(I)c1OCC(F)(F)C(F)(F)C(F)(F)C(F)(F)F. The van der Waals surface area contributed by atoms with E-state index in [2.05, 4.69) is 4.74 Å². The van der Waals surface area contributed by atoms with Crippen LogP contribution >= 0.6 is 45.2 Å². The molecule has 0 bridgehead atoms. The maximum absolute atomic E-state index is 13.4. The van der Waals surface area contributed by atoms with Crippen LogP contribution in [0.25, 0.3) is 0 Å². The number of rotatable bonds is 6. The van der Waals surface area contributed by atoms with Crippen LogP contribution in [0.1, 0.15) is 10.4 Å². The highest BCUT2D eigenvalue weighted by Crippen LogP contribution is 2.53. The molecule has 3 nitrogen and oxygen atoms in total. The van der Waals surface area contributed by atoms with E-state index in [4.69, 9.17) is 0 Å². The number of benzene rings is 1. The predicted molar refractivity (Wildman–Crippen MR) is 82.6 cm³/mol. The summed E-state index contributed by atoms with van der Waals surface area (Å²) in [5.74, 6) is -22.8. The Morgan fingerprint density at radius 1 is 0.962 bits per heavy atom. The van der Waals surface area contributed by atoms with E-state index in [0.717, 1.165) is 12.1 Å². The molecule has 0 N–H and O–H groups in total. The van der Waals surface area contributed by atoms with E-state index in [9.17, 15) is 49.4 Å². The van der Waals surface area contributed by atoms with Gasteiger partial charge < -0.3 is 14.6 Å². The highest BCUT2D eigenvalue weighted by molar-refractivity contribution is 14.1. The number of halogens is 11. The van der Waals surface area contributed by atoms with Crippen LogP contribution in [0.4, 0.5) is 39.5 Å². The summed E-state index contributed by atoms with van der Waals surface area (Å²) in [5.41, 5.74) is -0.872. The van der Waals surface area contributed by atoms with Gasteiger partial charge in [0, 0.05) is 9.13 Å². The third kappa shape index (κ3) is 4.24. The molecule has 0 radical (unpaired) electrons. The van der Waals surface area contributed by atoms with Crippen molar-refractivity contribution in [3.05, 3.63) is 24.8 Å². The van der Waals surface area contributed by atoms with Crippen molar-refractivity contribution in [2.75, 3.05) is 6.61 Å². The molecule has 0 unspecified atom stereocenters. The van der Waals surface area contributed by atoms with Crippen LogP contribution < -0.4 is 9.84 Å². The van der Waals surface area contributed by atoms with Crippen LogP contribution in [0.5, 0.6) is 5.75 Å². The van der Waals surface area contributed by atoms with Gasteiger partial charge in [0.15, 0.2) is 6.61 Å². The zero-order valence-corrected chi connectivity index (χ0v) is 16.1. The minimum atomic E-state index is -7.05. The van der Waals surface area contributed by atoms with Crippen molar-refractivity contribution in [1.29, 1.82) is 0 Å². The summed E-state index contributed by atoms with van der Waals surface area (Å²) in [7, 11) is 0. The lowest BCUT2D eigenvalue weighted by Crippen LogP contribution is -2.62. The van der Waals surface area contributed by atoms with E-state index in [-0.39, 0.29) is 7.14 Å². The quantitative estimate of drug-likeness (QED) is 0.356. The summed E-state index contributed by atoms with van der Waals surface area (Å²) < 4.78 is 119. The molecule has 0 spiro atoms. The van der Waals surface area contributed by atoms with Crippen molar-refractivity contribution in [2.24, 2.45) is 0 Å². The van der Waals surface area contributed by atoms with Gasteiger partial charge in [-0.05, 0) is 57.3 Å². The number of carboxylic acids is 1. The summed E-state index contributed by atoms with van der Waals surface area (Å²) in [4.78, 5) is 10.9. The molecule has 1 rings (SSSR count). The number of hydrogen-bond acceptors (Lipinski definition) is 3. The van der Waals surface area contributed by atoms with E-state index in [1.54, 1.807) is 22.6 Å². The second-order valence-corrected chi connectivity index (χ2v) is 7.10. The van der Waals surface area contributed by atoms with Crippen molar-refractivity contribution in [1.82, 2.24) is 0 Å². The van der Waals surface area contributed by atoms with Crippen LogP contribution in [0.15, 0.2) is 12.1 Å². The molecule has 0 aliphatic heterocycles. The molecule has 0 atom stereocenters. The normalized spacial score (nSPS) is 13.7. The highest BCUT2D eigenvalue weighted by atomic mass is 127. The van der Waals surface area contributed by atoms with Gasteiger partial charge in [-0.2, -0.15) is 39.5 Å². The minimum absolute atomic E-state index is 0.199. The van der Waals surface area contributed by atoms with Crippen LogP contribution in [0.3, 0.4) is 0 Å². The van der Waals surface area contributed by atoms with E-state index in [1.807, 2.05) is 0 Å². The van der Waals surface area contributed by atoms with Crippen LogP contribution in [0.2, 0.25) is 0 Å². The summed E-state index contributed by atoms with van der Waals surface area (Å²) in [6, 6.07) is 2.00. The molecule has 1 aromatic carbocycles. The lowest BCUT2D eigenvalue weighted by Gasteiger charge is -2.33. The summed E-state index contributed by atoms with van der Waals surface area (Å²) >= 11 is 2.98. The first-order valence-electron chi connectivity index (χ1n) is 5.99. The number of hydrogen-bond donors (Lipinski definition) is 0. The maximum atomic E-state index is 13.4. The number of carboxylic acid groups (broad SMARTS) is 1. The van der Waals surface area contributed by atoms with Gasteiger partial charge in [0.2, 0.25) is 0 Å². The number of alkyl halides is 9. The maximum Gasteiger partial charge on any atom is 0.460 e. The van der Waals surface area contributed by atoms with Gasteiger partial charge in [-0.15, -0.1) is 0 Å². The van der Waals surface area contributed by atoms with E-state index in [0.29, 0.717) is 0 Å². The predicted octanol–water partition coefficient (Wildman–Crippen LogP) is 4.11. The minimum Gasteiger partial charge on any atom is -0.545 e. The molecule has 0 aliphatic rings. The monoisotopic (exact) mass is 621 g/mol. The second kappa shape index (κ2) is 7.38. The first-order chi connectivity index (χ1) is 11.5. The number of aromatic carboxylic acids is 1. The van der Waals surface area contributed by atoms with Crippen molar-refractivity contribution in [2.45, 2.75) is 23.9 Å². The molecular formula is C12H4F9I2O3-. The topological polar surface area (TPSA) is 49.4 Å². The van der Waals surface area contributed by atoms with Gasteiger partial charge in [-0.3, -0.25) is 0 Å². The first-order valence-corrected chi connectivity index (χ1v) is 8.15. The molecule has 14 heteroatoms. The molecule has 1 aromatic rings. The zero-order valence-electron chi connectivity index (χ0n) is 11.7. The Morgan fingerprint density at radius 3 is 1.88 bits per heavy atom. The molecule has 26 heavy (non-hydrogen) atoms.